The van der Waals surface area contributed by atoms with Gasteiger partial charge in [-0.2, -0.15) is 0 Å². The third kappa shape index (κ3) is 1.55. The Balaban J connectivity index is 2.58. The van der Waals surface area contributed by atoms with Gasteiger partial charge in [0, 0.05) is 5.52 Å². The number of hydrogen-bond donors (Lipinski definition) is 2. The number of benzene rings is 1. The molecule has 0 amide bonds. The van der Waals surface area contributed by atoms with Crippen molar-refractivity contribution in [3.63, 3.8) is 0 Å². The number of hydrogen-bond acceptors (Lipinski definition) is 2. The van der Waals surface area contributed by atoms with Gasteiger partial charge in [0.15, 0.2) is 11.4 Å². The number of carbonyl (C=O) groups is 1. The molecule has 1 aromatic heterocycles. The summed E-state index contributed by atoms with van der Waals surface area (Å²) in [6.45, 7) is 2.88. The Hall–Kier alpha value is -1.61. The summed E-state index contributed by atoms with van der Waals surface area (Å²) in [7, 11) is 0. The highest BCUT2D eigenvalue weighted by Crippen LogP contribution is 2.24. The molecule has 15 heavy (non-hydrogen) atoms. The van der Waals surface area contributed by atoms with E-state index < -0.39 is 5.60 Å². The molecule has 1 unspecified atom stereocenters. The first-order chi connectivity index (χ1) is 7.01. The van der Waals surface area contributed by atoms with Crippen LogP contribution in [-0.2, 0) is 10.4 Å². The van der Waals surface area contributed by atoms with Crippen LogP contribution < -0.4 is 0 Å². The zero-order chi connectivity index (χ0) is 11.1. The first kappa shape index (κ1) is 9.93. The number of rotatable bonds is 2. The van der Waals surface area contributed by atoms with Gasteiger partial charge in [-0.15, -0.1) is 0 Å². The molecule has 0 fully saturated rings. The molecule has 2 aromatic rings. The highest BCUT2D eigenvalue weighted by atomic mass is 16.3. The molecule has 1 heterocycles. The quantitative estimate of drug-likeness (QED) is 0.784. The average Bonchev–Trinajstić information content (AvgIpc) is 2.61. The van der Waals surface area contributed by atoms with E-state index in [2.05, 4.69) is 4.98 Å². The van der Waals surface area contributed by atoms with E-state index in [-0.39, 0.29) is 5.78 Å². The molecule has 1 atom stereocenters. The number of nitrogens with one attached hydrogen (secondary N) is 1. The molecular weight excluding hydrogens is 190 g/mol. The fourth-order valence-corrected chi connectivity index (χ4v) is 1.53. The maximum Gasteiger partial charge on any atom is 0.167 e. The summed E-state index contributed by atoms with van der Waals surface area (Å²) in [6, 6.07) is 9.48. The molecule has 0 aliphatic rings. The van der Waals surface area contributed by atoms with E-state index in [1.807, 2.05) is 24.3 Å². The third-order valence-electron chi connectivity index (χ3n) is 2.74. The van der Waals surface area contributed by atoms with Gasteiger partial charge < -0.3 is 10.1 Å². The lowest BCUT2D eigenvalue weighted by Gasteiger charge is -2.17. The van der Waals surface area contributed by atoms with Gasteiger partial charge in [0.05, 0.1) is 5.69 Å². The zero-order valence-corrected chi connectivity index (χ0v) is 8.74. The van der Waals surface area contributed by atoms with Crippen molar-refractivity contribution in [2.45, 2.75) is 19.4 Å². The number of H-pyrrole nitrogens is 1. The summed E-state index contributed by atoms with van der Waals surface area (Å²) in [6.07, 6.45) is 0. The van der Waals surface area contributed by atoms with E-state index >= 15 is 0 Å². The molecule has 0 aliphatic carbocycles. The second-order valence-corrected chi connectivity index (χ2v) is 3.90. The van der Waals surface area contributed by atoms with Gasteiger partial charge in [0.25, 0.3) is 0 Å². The number of aromatic amines is 1. The van der Waals surface area contributed by atoms with Gasteiger partial charge in [-0.1, -0.05) is 18.2 Å². The minimum absolute atomic E-state index is 0.269. The smallest absolute Gasteiger partial charge is 0.167 e. The largest absolute Gasteiger partial charge is 0.376 e. The van der Waals surface area contributed by atoms with Crippen LogP contribution in [0, 0.1) is 0 Å². The van der Waals surface area contributed by atoms with E-state index in [1.54, 1.807) is 6.07 Å². The maximum atomic E-state index is 11.3. The molecule has 0 saturated carbocycles. The van der Waals surface area contributed by atoms with Crippen LogP contribution in [0.4, 0.5) is 0 Å². The van der Waals surface area contributed by atoms with Gasteiger partial charge in [-0.3, -0.25) is 4.79 Å². The van der Waals surface area contributed by atoms with Crippen molar-refractivity contribution in [1.29, 1.82) is 0 Å². The van der Waals surface area contributed by atoms with Gasteiger partial charge in [-0.05, 0) is 31.4 Å². The van der Waals surface area contributed by atoms with Crippen LogP contribution in [0.5, 0.6) is 0 Å². The topological polar surface area (TPSA) is 53.1 Å². The van der Waals surface area contributed by atoms with Crippen LogP contribution in [0.1, 0.15) is 19.5 Å². The van der Waals surface area contributed by atoms with E-state index in [4.69, 9.17) is 0 Å². The lowest BCUT2D eigenvalue weighted by molar-refractivity contribution is -0.134. The summed E-state index contributed by atoms with van der Waals surface area (Å²) in [4.78, 5) is 14.3. The molecule has 78 valence electrons. The Morgan fingerprint density at radius 1 is 1.40 bits per heavy atom. The minimum Gasteiger partial charge on any atom is -0.376 e. The van der Waals surface area contributed by atoms with Gasteiger partial charge >= 0.3 is 0 Å². The monoisotopic (exact) mass is 203 g/mol. The van der Waals surface area contributed by atoms with Crippen molar-refractivity contribution in [1.82, 2.24) is 4.98 Å². The second kappa shape index (κ2) is 3.21. The lowest BCUT2D eigenvalue weighted by Crippen LogP contribution is -2.30. The molecule has 0 saturated heterocycles. The van der Waals surface area contributed by atoms with Crippen LogP contribution in [0.3, 0.4) is 0 Å². The van der Waals surface area contributed by atoms with Gasteiger partial charge in [0.2, 0.25) is 0 Å². The molecule has 0 aliphatic heterocycles. The van der Waals surface area contributed by atoms with Crippen molar-refractivity contribution in [3.05, 3.63) is 36.0 Å². The number of ketones is 1. The van der Waals surface area contributed by atoms with Gasteiger partial charge in [0.1, 0.15) is 0 Å². The molecule has 3 nitrogen and oxygen atoms in total. The summed E-state index contributed by atoms with van der Waals surface area (Å²) in [5.41, 5.74) is 0.0316. The SMILES string of the molecule is CC(=O)C(C)(O)c1cc2ccccc2[nH]1. The molecule has 1 aromatic carbocycles. The predicted molar refractivity (Wildman–Crippen MR) is 58.6 cm³/mol. The van der Waals surface area contributed by atoms with E-state index in [9.17, 15) is 9.90 Å². The van der Waals surface area contributed by atoms with Crippen molar-refractivity contribution >= 4 is 16.7 Å². The molecule has 3 heteroatoms. The first-order valence-corrected chi connectivity index (χ1v) is 4.83. The van der Waals surface area contributed by atoms with Crippen LogP contribution in [0.15, 0.2) is 30.3 Å². The maximum absolute atomic E-state index is 11.3. The van der Waals surface area contributed by atoms with Crippen molar-refractivity contribution < 1.29 is 9.90 Å². The Labute approximate surface area is 87.7 Å². The number of aromatic nitrogens is 1. The average molecular weight is 203 g/mol. The Morgan fingerprint density at radius 3 is 2.67 bits per heavy atom. The number of Topliss-reactive ketones (excluding diaryl/α,β-unsaturated/α-hetero) is 1. The molecule has 2 N–H and O–H groups in total. The Morgan fingerprint density at radius 2 is 2.07 bits per heavy atom. The molecule has 0 radical (unpaired) electrons. The number of carbonyl (C=O) groups excluding carboxylic acids is 1. The van der Waals surface area contributed by atoms with Crippen LogP contribution >= 0.6 is 0 Å². The van der Waals surface area contributed by atoms with E-state index in [1.165, 1.54) is 13.8 Å². The first-order valence-electron chi connectivity index (χ1n) is 4.83. The summed E-state index contributed by atoms with van der Waals surface area (Å²) >= 11 is 0. The minimum atomic E-state index is -1.43. The highest BCUT2D eigenvalue weighted by Gasteiger charge is 2.30. The van der Waals surface area contributed by atoms with Crippen LogP contribution in [0.25, 0.3) is 10.9 Å². The van der Waals surface area contributed by atoms with Crippen molar-refractivity contribution in [2.75, 3.05) is 0 Å². The lowest BCUT2D eigenvalue weighted by atomic mass is 9.98. The Bertz CT molecular complexity index is 478. The molecule has 0 spiro atoms. The number of para-hydroxylation sites is 1. The third-order valence-corrected chi connectivity index (χ3v) is 2.74. The second-order valence-electron chi connectivity index (χ2n) is 3.90. The fraction of sp³-hybridized carbons (Fsp3) is 0.250. The molecule has 0 bridgehead atoms. The zero-order valence-electron chi connectivity index (χ0n) is 8.74. The molecule has 2 rings (SSSR count). The number of aliphatic hydroxyl groups is 1. The van der Waals surface area contributed by atoms with Gasteiger partial charge in [-0.25, -0.2) is 0 Å². The standard InChI is InChI=1S/C12H13NO2/c1-8(14)12(2,15)11-7-9-5-3-4-6-10(9)13-11/h3-7,13,15H,1-2H3. The molecular formula is C12H13NO2. The summed E-state index contributed by atoms with van der Waals surface area (Å²) in [5, 5.41) is 11.0. The summed E-state index contributed by atoms with van der Waals surface area (Å²) < 4.78 is 0. The van der Waals surface area contributed by atoms with Crippen molar-refractivity contribution in [2.24, 2.45) is 0 Å². The van der Waals surface area contributed by atoms with Crippen molar-refractivity contribution in [3.8, 4) is 0 Å². The van der Waals surface area contributed by atoms with Crippen LogP contribution in [0.2, 0.25) is 0 Å². The number of fused-ring (bicyclic) bond motifs is 1. The predicted octanol–water partition coefficient (Wildman–Crippen LogP) is 1.96. The van der Waals surface area contributed by atoms with E-state index in [0.29, 0.717) is 5.69 Å². The Kier molecular flexibility index (Phi) is 2.12. The van der Waals surface area contributed by atoms with E-state index in [0.717, 1.165) is 10.9 Å². The summed E-state index contributed by atoms with van der Waals surface area (Å²) in [5.74, 6) is -0.269. The normalized spacial score (nSPS) is 15.1. The van der Waals surface area contributed by atoms with Crippen LogP contribution in [-0.4, -0.2) is 15.9 Å². The highest BCUT2D eigenvalue weighted by molar-refractivity contribution is 5.88. The fourth-order valence-electron chi connectivity index (χ4n) is 1.53.